The van der Waals surface area contributed by atoms with Gasteiger partial charge >= 0.3 is 6.09 Å². The summed E-state index contributed by atoms with van der Waals surface area (Å²) in [6, 6.07) is 9.35. The van der Waals surface area contributed by atoms with Gasteiger partial charge in [-0.05, 0) is 5.56 Å². The van der Waals surface area contributed by atoms with E-state index in [4.69, 9.17) is 15.6 Å². The summed E-state index contributed by atoms with van der Waals surface area (Å²) in [6.45, 7) is 1.17. The van der Waals surface area contributed by atoms with Crippen molar-refractivity contribution in [2.75, 3.05) is 19.7 Å². The van der Waals surface area contributed by atoms with Gasteiger partial charge in [0.05, 0.1) is 0 Å². The standard InChI is InChI=1S/C13H18N2O3.ClH/c14-12-7-15(6-11(12)8-16)13(17)18-9-10-4-2-1-3-5-10;/h1-5,11-12,16H,6-9,14H2;1H. The fraction of sp³-hybridized carbons (Fsp3) is 0.462. The lowest BCUT2D eigenvalue weighted by atomic mass is 10.1. The normalized spacial score (nSPS) is 21.9. The van der Waals surface area contributed by atoms with Gasteiger partial charge in [-0.25, -0.2) is 4.79 Å². The summed E-state index contributed by atoms with van der Waals surface area (Å²) in [5.74, 6) is -0.0470. The van der Waals surface area contributed by atoms with Crippen molar-refractivity contribution in [2.45, 2.75) is 12.6 Å². The lowest BCUT2D eigenvalue weighted by Gasteiger charge is -2.15. The van der Waals surface area contributed by atoms with Crippen molar-refractivity contribution in [3.05, 3.63) is 35.9 Å². The number of rotatable bonds is 3. The molecule has 1 aliphatic heterocycles. The quantitative estimate of drug-likeness (QED) is 0.869. The smallest absolute Gasteiger partial charge is 0.410 e. The Morgan fingerprint density at radius 2 is 2.05 bits per heavy atom. The number of ether oxygens (including phenoxy) is 1. The molecule has 0 aromatic heterocycles. The van der Waals surface area contributed by atoms with E-state index < -0.39 is 0 Å². The first kappa shape index (κ1) is 15.8. The van der Waals surface area contributed by atoms with Gasteiger partial charge in [0.2, 0.25) is 0 Å². The molecular formula is C13H19ClN2O3. The van der Waals surface area contributed by atoms with Gasteiger partial charge in [0, 0.05) is 31.7 Å². The maximum Gasteiger partial charge on any atom is 0.410 e. The van der Waals surface area contributed by atoms with Crippen LogP contribution in [-0.4, -0.2) is 41.8 Å². The third-order valence-corrected chi connectivity index (χ3v) is 3.19. The molecule has 19 heavy (non-hydrogen) atoms. The van der Waals surface area contributed by atoms with E-state index in [1.165, 1.54) is 0 Å². The van der Waals surface area contributed by atoms with Gasteiger partial charge < -0.3 is 20.5 Å². The summed E-state index contributed by atoms with van der Waals surface area (Å²) in [6.07, 6.45) is -0.370. The number of carbonyl (C=O) groups is 1. The third-order valence-electron chi connectivity index (χ3n) is 3.19. The third kappa shape index (κ3) is 4.09. The van der Waals surface area contributed by atoms with Crippen molar-refractivity contribution in [1.29, 1.82) is 0 Å². The van der Waals surface area contributed by atoms with Gasteiger partial charge in [0.25, 0.3) is 0 Å². The van der Waals surface area contributed by atoms with Crippen molar-refractivity contribution in [2.24, 2.45) is 11.7 Å². The van der Waals surface area contributed by atoms with Crippen molar-refractivity contribution in [1.82, 2.24) is 4.90 Å². The molecule has 1 fully saturated rings. The topological polar surface area (TPSA) is 75.8 Å². The SMILES string of the molecule is Cl.NC1CN(C(=O)OCc2ccccc2)CC1CO. The first-order valence-corrected chi connectivity index (χ1v) is 6.02. The highest BCUT2D eigenvalue weighted by Gasteiger charge is 2.33. The van der Waals surface area contributed by atoms with Crippen molar-refractivity contribution >= 4 is 18.5 Å². The van der Waals surface area contributed by atoms with Crippen LogP contribution in [0.3, 0.4) is 0 Å². The number of hydrogen-bond donors (Lipinski definition) is 2. The maximum absolute atomic E-state index is 11.8. The average molecular weight is 287 g/mol. The first-order valence-electron chi connectivity index (χ1n) is 6.02. The second kappa shape index (κ2) is 7.33. The minimum atomic E-state index is -0.370. The number of amides is 1. The fourth-order valence-corrected chi connectivity index (χ4v) is 2.05. The van der Waals surface area contributed by atoms with E-state index in [0.29, 0.717) is 13.1 Å². The molecule has 1 amide bonds. The fourth-order valence-electron chi connectivity index (χ4n) is 2.05. The van der Waals surface area contributed by atoms with Gasteiger partial charge in [0.1, 0.15) is 6.61 Å². The zero-order chi connectivity index (χ0) is 13.0. The van der Waals surface area contributed by atoms with Crippen LogP contribution in [0.2, 0.25) is 0 Å². The average Bonchev–Trinajstić information content (AvgIpc) is 2.78. The molecule has 0 aliphatic carbocycles. The summed E-state index contributed by atoms with van der Waals surface area (Å²) in [7, 11) is 0. The van der Waals surface area contributed by atoms with E-state index in [0.717, 1.165) is 5.56 Å². The van der Waals surface area contributed by atoms with Gasteiger partial charge in [-0.2, -0.15) is 0 Å². The summed E-state index contributed by atoms with van der Waals surface area (Å²) < 4.78 is 5.20. The molecule has 5 nitrogen and oxygen atoms in total. The molecular weight excluding hydrogens is 268 g/mol. The molecule has 0 spiro atoms. The Morgan fingerprint density at radius 1 is 1.37 bits per heavy atom. The number of halogens is 1. The molecule has 0 saturated carbocycles. The molecule has 1 heterocycles. The number of hydrogen-bond acceptors (Lipinski definition) is 4. The van der Waals surface area contributed by atoms with Crippen molar-refractivity contribution in [3.63, 3.8) is 0 Å². The van der Waals surface area contributed by atoms with Crippen LogP contribution in [0.25, 0.3) is 0 Å². The number of carbonyl (C=O) groups excluding carboxylic acids is 1. The monoisotopic (exact) mass is 286 g/mol. The lowest BCUT2D eigenvalue weighted by Crippen LogP contribution is -2.33. The minimum Gasteiger partial charge on any atom is -0.445 e. The maximum atomic E-state index is 11.8. The Balaban J connectivity index is 0.00000180. The zero-order valence-corrected chi connectivity index (χ0v) is 11.4. The molecule has 2 atom stereocenters. The second-order valence-corrected chi connectivity index (χ2v) is 4.55. The Labute approximate surface area is 118 Å². The van der Waals surface area contributed by atoms with E-state index in [1.54, 1.807) is 4.90 Å². The molecule has 106 valence electrons. The van der Waals surface area contributed by atoms with E-state index in [9.17, 15) is 4.79 Å². The minimum absolute atomic E-state index is 0. The summed E-state index contributed by atoms with van der Waals surface area (Å²) in [4.78, 5) is 13.3. The largest absolute Gasteiger partial charge is 0.445 e. The van der Waals surface area contributed by atoms with E-state index >= 15 is 0 Å². The van der Waals surface area contributed by atoms with Gasteiger partial charge in [-0.1, -0.05) is 30.3 Å². The van der Waals surface area contributed by atoms with Crippen LogP contribution in [0.1, 0.15) is 5.56 Å². The lowest BCUT2D eigenvalue weighted by molar-refractivity contribution is 0.101. The number of likely N-dealkylation sites (tertiary alicyclic amines) is 1. The van der Waals surface area contributed by atoms with Gasteiger partial charge in [-0.15, -0.1) is 12.4 Å². The predicted molar refractivity (Wildman–Crippen MR) is 74.0 cm³/mol. The zero-order valence-electron chi connectivity index (χ0n) is 10.6. The predicted octanol–water partition coefficient (Wildman–Crippen LogP) is 0.996. The van der Waals surface area contributed by atoms with Gasteiger partial charge in [0.15, 0.2) is 0 Å². The molecule has 1 aliphatic rings. The molecule has 1 aromatic rings. The van der Waals surface area contributed by atoms with E-state index in [1.807, 2.05) is 30.3 Å². The second-order valence-electron chi connectivity index (χ2n) is 4.55. The number of aliphatic hydroxyl groups is 1. The highest BCUT2D eigenvalue weighted by Crippen LogP contribution is 2.16. The van der Waals surface area contributed by atoms with Crippen molar-refractivity contribution < 1.29 is 14.6 Å². The summed E-state index contributed by atoms with van der Waals surface area (Å²) in [5.41, 5.74) is 6.77. The van der Waals surface area contributed by atoms with Crippen LogP contribution in [0, 0.1) is 5.92 Å². The molecule has 0 radical (unpaired) electrons. The number of aliphatic hydroxyl groups excluding tert-OH is 1. The summed E-state index contributed by atoms with van der Waals surface area (Å²) in [5, 5.41) is 9.09. The molecule has 3 N–H and O–H groups in total. The van der Waals surface area contributed by atoms with Crippen LogP contribution in [0.5, 0.6) is 0 Å². The Kier molecular flexibility index (Phi) is 6.08. The van der Waals surface area contributed by atoms with Crippen LogP contribution < -0.4 is 5.73 Å². The first-order chi connectivity index (χ1) is 8.70. The highest BCUT2D eigenvalue weighted by atomic mass is 35.5. The Morgan fingerprint density at radius 3 is 2.63 bits per heavy atom. The Bertz CT molecular complexity index is 402. The number of benzene rings is 1. The number of nitrogens with zero attached hydrogens (tertiary/aromatic N) is 1. The van der Waals surface area contributed by atoms with Crippen LogP contribution in [0.4, 0.5) is 4.79 Å². The highest BCUT2D eigenvalue weighted by molar-refractivity contribution is 5.85. The molecule has 2 rings (SSSR count). The van der Waals surface area contributed by atoms with Crippen LogP contribution in [-0.2, 0) is 11.3 Å². The number of nitrogens with two attached hydrogens (primary N) is 1. The molecule has 1 aromatic carbocycles. The molecule has 1 saturated heterocycles. The van der Waals surface area contributed by atoms with Crippen LogP contribution in [0.15, 0.2) is 30.3 Å². The summed E-state index contributed by atoms with van der Waals surface area (Å²) >= 11 is 0. The van der Waals surface area contributed by atoms with Gasteiger partial charge in [-0.3, -0.25) is 0 Å². The molecule has 6 heteroatoms. The van der Waals surface area contributed by atoms with E-state index in [-0.39, 0.29) is 43.7 Å². The molecule has 2 unspecified atom stereocenters. The van der Waals surface area contributed by atoms with E-state index in [2.05, 4.69) is 0 Å². The Hall–Kier alpha value is -1.30. The van der Waals surface area contributed by atoms with Crippen LogP contribution >= 0.6 is 12.4 Å². The van der Waals surface area contributed by atoms with Crippen molar-refractivity contribution in [3.8, 4) is 0 Å². The molecule has 0 bridgehead atoms.